The van der Waals surface area contributed by atoms with Gasteiger partial charge in [-0.2, -0.15) is 4.98 Å². The molecule has 0 saturated carbocycles. The summed E-state index contributed by atoms with van der Waals surface area (Å²) in [5, 5.41) is 3.96. The highest BCUT2D eigenvalue weighted by molar-refractivity contribution is 5.62. The molecule has 0 atom stereocenters. The Labute approximate surface area is 98.6 Å². The Morgan fingerprint density at radius 1 is 1.35 bits per heavy atom. The molecule has 0 radical (unpaired) electrons. The summed E-state index contributed by atoms with van der Waals surface area (Å²) in [6.45, 7) is 1.67. The highest BCUT2D eigenvalue weighted by Gasteiger charge is 2.17. The molecule has 88 valence electrons. The molecule has 1 aliphatic rings. The number of fused-ring (bicyclic) bond motifs is 1. The van der Waals surface area contributed by atoms with Gasteiger partial charge in [-0.05, 0) is 17.5 Å². The lowest BCUT2D eigenvalue weighted by Crippen LogP contribution is -2.11. The van der Waals surface area contributed by atoms with E-state index in [0.717, 1.165) is 18.6 Å². The van der Waals surface area contributed by atoms with E-state index < -0.39 is 0 Å². The molecule has 2 aromatic rings. The largest absolute Gasteiger partial charge is 0.376 e. The predicted molar refractivity (Wildman–Crippen MR) is 61.0 cm³/mol. The predicted octanol–water partition coefficient (Wildman–Crippen LogP) is 1.27. The van der Waals surface area contributed by atoms with Crippen LogP contribution in [0.2, 0.25) is 0 Å². The maximum absolute atomic E-state index is 5.46. The minimum absolute atomic E-state index is 0.269. The van der Waals surface area contributed by atoms with Crippen LogP contribution in [-0.4, -0.2) is 16.7 Å². The van der Waals surface area contributed by atoms with Crippen molar-refractivity contribution in [2.75, 3.05) is 6.61 Å². The molecule has 0 spiro atoms. The fraction of sp³-hybridized carbons (Fsp3) is 0.333. The third-order valence-electron chi connectivity index (χ3n) is 2.91. The van der Waals surface area contributed by atoms with Gasteiger partial charge in [0.05, 0.1) is 19.8 Å². The van der Waals surface area contributed by atoms with E-state index in [-0.39, 0.29) is 6.54 Å². The van der Waals surface area contributed by atoms with Crippen LogP contribution in [0.15, 0.2) is 22.7 Å². The molecule has 0 saturated heterocycles. The van der Waals surface area contributed by atoms with Gasteiger partial charge in [-0.25, -0.2) is 0 Å². The lowest BCUT2D eigenvalue weighted by Gasteiger charge is -2.18. The normalized spacial score (nSPS) is 14.6. The zero-order valence-corrected chi connectivity index (χ0v) is 9.35. The summed E-state index contributed by atoms with van der Waals surface area (Å²) >= 11 is 0. The molecule has 0 bridgehead atoms. The number of ether oxygens (including phenoxy) is 1. The average molecular weight is 231 g/mol. The first-order valence-electron chi connectivity index (χ1n) is 5.60. The molecule has 0 amide bonds. The van der Waals surface area contributed by atoms with Gasteiger partial charge in [0.15, 0.2) is 0 Å². The zero-order valence-electron chi connectivity index (χ0n) is 9.35. The van der Waals surface area contributed by atoms with Crippen molar-refractivity contribution in [3.8, 4) is 11.4 Å². The number of aromatic nitrogens is 2. The molecule has 1 aromatic carbocycles. The van der Waals surface area contributed by atoms with Crippen molar-refractivity contribution in [1.29, 1.82) is 0 Å². The Balaban J connectivity index is 2.07. The smallest absolute Gasteiger partial charge is 0.240 e. The maximum atomic E-state index is 5.46. The van der Waals surface area contributed by atoms with Gasteiger partial charge in [0.2, 0.25) is 11.7 Å². The van der Waals surface area contributed by atoms with Crippen molar-refractivity contribution >= 4 is 0 Å². The number of nitrogens with two attached hydrogens (primary N) is 1. The van der Waals surface area contributed by atoms with Gasteiger partial charge in [0.25, 0.3) is 0 Å². The van der Waals surface area contributed by atoms with Crippen LogP contribution in [0.3, 0.4) is 0 Å². The third kappa shape index (κ3) is 1.83. The molecule has 1 aliphatic heterocycles. The summed E-state index contributed by atoms with van der Waals surface area (Å²) in [5.74, 6) is 1.08. The lowest BCUT2D eigenvalue weighted by molar-refractivity contribution is 0.111. The van der Waals surface area contributed by atoms with Gasteiger partial charge in [-0.1, -0.05) is 23.4 Å². The number of hydrogen-bond acceptors (Lipinski definition) is 5. The van der Waals surface area contributed by atoms with Crippen molar-refractivity contribution < 1.29 is 9.26 Å². The van der Waals surface area contributed by atoms with E-state index in [1.807, 2.05) is 12.1 Å². The number of hydrogen-bond donors (Lipinski definition) is 1. The number of rotatable bonds is 2. The van der Waals surface area contributed by atoms with Crippen LogP contribution in [0.25, 0.3) is 11.4 Å². The summed E-state index contributed by atoms with van der Waals surface area (Å²) in [5.41, 5.74) is 8.94. The highest BCUT2D eigenvalue weighted by Crippen LogP contribution is 2.27. The van der Waals surface area contributed by atoms with Crippen LogP contribution in [0.5, 0.6) is 0 Å². The van der Waals surface area contributed by atoms with E-state index in [2.05, 4.69) is 16.2 Å². The van der Waals surface area contributed by atoms with E-state index in [4.69, 9.17) is 15.0 Å². The fourth-order valence-corrected chi connectivity index (χ4v) is 2.08. The summed E-state index contributed by atoms with van der Waals surface area (Å²) in [4.78, 5) is 4.26. The van der Waals surface area contributed by atoms with Crippen molar-refractivity contribution in [1.82, 2.24) is 10.1 Å². The average Bonchev–Trinajstić information content (AvgIpc) is 2.87. The second-order valence-electron chi connectivity index (χ2n) is 3.96. The molecule has 2 heterocycles. The van der Waals surface area contributed by atoms with Gasteiger partial charge >= 0.3 is 0 Å². The highest BCUT2D eigenvalue weighted by atomic mass is 16.5. The molecule has 17 heavy (non-hydrogen) atoms. The minimum atomic E-state index is 0.269. The molecule has 5 nitrogen and oxygen atoms in total. The summed E-state index contributed by atoms with van der Waals surface area (Å²) in [6, 6.07) is 6.07. The molecule has 2 N–H and O–H groups in total. The zero-order chi connectivity index (χ0) is 11.7. The summed E-state index contributed by atoms with van der Waals surface area (Å²) in [6.07, 6.45) is 0.887. The first-order chi connectivity index (χ1) is 8.38. The maximum Gasteiger partial charge on any atom is 0.240 e. The molecule has 1 aromatic heterocycles. The molecule has 5 heteroatoms. The van der Waals surface area contributed by atoms with E-state index >= 15 is 0 Å². The van der Waals surface area contributed by atoms with Gasteiger partial charge in [-0.3, -0.25) is 0 Å². The Hall–Kier alpha value is -1.72. The standard InChI is InChI=1S/C12H13N3O2/c13-6-11-14-12(15-17-11)10-3-1-2-8-7-16-5-4-9(8)10/h1-3H,4-7,13H2. The van der Waals surface area contributed by atoms with E-state index in [0.29, 0.717) is 18.3 Å². The van der Waals surface area contributed by atoms with Crippen molar-refractivity contribution in [3.05, 3.63) is 35.2 Å². The topological polar surface area (TPSA) is 74.2 Å². The number of benzene rings is 1. The van der Waals surface area contributed by atoms with Crippen molar-refractivity contribution in [3.63, 3.8) is 0 Å². The van der Waals surface area contributed by atoms with Crippen LogP contribution >= 0.6 is 0 Å². The lowest BCUT2D eigenvalue weighted by atomic mass is 9.97. The van der Waals surface area contributed by atoms with E-state index in [1.54, 1.807) is 0 Å². The Kier molecular flexibility index (Phi) is 2.62. The second-order valence-corrected chi connectivity index (χ2v) is 3.96. The molecule has 0 unspecified atom stereocenters. The SMILES string of the molecule is NCc1nc(-c2cccc3c2CCOC3)no1. The van der Waals surface area contributed by atoms with Crippen LogP contribution in [-0.2, 0) is 24.3 Å². The summed E-state index contributed by atoms with van der Waals surface area (Å²) in [7, 11) is 0. The minimum Gasteiger partial charge on any atom is -0.376 e. The van der Waals surface area contributed by atoms with Crippen molar-refractivity contribution in [2.45, 2.75) is 19.6 Å². The molecular weight excluding hydrogens is 218 g/mol. The monoisotopic (exact) mass is 231 g/mol. The number of nitrogens with zero attached hydrogens (tertiary/aromatic N) is 2. The van der Waals surface area contributed by atoms with Crippen LogP contribution < -0.4 is 5.73 Å². The first-order valence-corrected chi connectivity index (χ1v) is 5.60. The molecule has 0 fully saturated rings. The molecule has 0 aliphatic carbocycles. The Morgan fingerprint density at radius 3 is 3.12 bits per heavy atom. The van der Waals surface area contributed by atoms with E-state index in [1.165, 1.54) is 11.1 Å². The molecule has 3 rings (SSSR count). The first kappa shape index (κ1) is 10.4. The van der Waals surface area contributed by atoms with Crippen LogP contribution in [0.1, 0.15) is 17.0 Å². The van der Waals surface area contributed by atoms with E-state index in [9.17, 15) is 0 Å². The summed E-state index contributed by atoms with van der Waals surface area (Å²) < 4.78 is 10.5. The Bertz CT molecular complexity index is 536. The van der Waals surface area contributed by atoms with Crippen molar-refractivity contribution in [2.24, 2.45) is 5.73 Å². The Morgan fingerprint density at radius 2 is 2.29 bits per heavy atom. The quantitative estimate of drug-likeness (QED) is 0.842. The van der Waals surface area contributed by atoms with Gasteiger partial charge in [0.1, 0.15) is 0 Å². The van der Waals surface area contributed by atoms with Crippen LogP contribution in [0, 0.1) is 0 Å². The second kappa shape index (κ2) is 4.27. The van der Waals surface area contributed by atoms with Gasteiger partial charge in [-0.15, -0.1) is 0 Å². The van der Waals surface area contributed by atoms with Gasteiger partial charge < -0.3 is 15.0 Å². The fourth-order valence-electron chi connectivity index (χ4n) is 2.08. The molecular formula is C12H13N3O2. The third-order valence-corrected chi connectivity index (χ3v) is 2.91. The van der Waals surface area contributed by atoms with Crippen LogP contribution in [0.4, 0.5) is 0 Å². The van der Waals surface area contributed by atoms with Gasteiger partial charge in [0, 0.05) is 5.56 Å².